The molecule has 4 aromatic heterocycles. The minimum atomic E-state index is -2.68. The Morgan fingerprint density at radius 2 is 1.50 bits per heavy atom. The van der Waals surface area contributed by atoms with Gasteiger partial charge in [-0.2, -0.15) is 0 Å². The summed E-state index contributed by atoms with van der Waals surface area (Å²) in [6.45, 7) is -9.74. The Bertz CT molecular complexity index is 2700. The van der Waals surface area contributed by atoms with Crippen molar-refractivity contribution in [1.82, 2.24) is 15.0 Å². The van der Waals surface area contributed by atoms with Crippen molar-refractivity contribution in [2.24, 2.45) is 0 Å². The number of nitrogens with zero attached hydrogens (tertiary/aromatic N) is 3. The first kappa shape index (κ1) is 18.2. The molecule has 1 radical (unpaired) electrons. The van der Waals surface area contributed by atoms with Gasteiger partial charge < -0.3 is 14.4 Å². The molecular formula is C39H29IrN3O-2. The zero-order chi connectivity index (χ0) is 39.5. The number of furan rings is 1. The zero-order valence-corrected chi connectivity index (χ0v) is 25.3. The minimum absolute atomic E-state index is 0. The van der Waals surface area contributed by atoms with E-state index in [1.807, 2.05) is 36.4 Å². The number of fused-ring (bicyclic) bond motifs is 6. The van der Waals surface area contributed by atoms with E-state index in [0.29, 0.717) is 49.3 Å². The molecule has 4 aromatic carbocycles. The average molecular weight is 760 g/mol. The summed E-state index contributed by atoms with van der Waals surface area (Å²) in [6, 6.07) is 32.1. The van der Waals surface area contributed by atoms with Crippen LogP contribution in [0.25, 0.3) is 66.3 Å². The van der Waals surface area contributed by atoms with E-state index in [1.165, 1.54) is 12.3 Å². The molecule has 0 amide bonds. The summed E-state index contributed by atoms with van der Waals surface area (Å²) >= 11 is 0. The molecule has 0 bridgehead atoms. The SMILES string of the molecule is [2H]C([2H])([2H])c1ccc(-c2[c-]cccc2)nc1.[2H]C([2H])([2H])c1cnc(-c2[c-]ccc3c2oc2nc4c(cc(C([2H])([2H])[2H])c5ccccc54)cc23)cc1C([2H])([2H])[2H].[Ir]. The van der Waals surface area contributed by atoms with Crippen LogP contribution in [0.1, 0.15) is 38.7 Å². The number of aromatic nitrogens is 3. The molecule has 44 heavy (non-hydrogen) atoms. The van der Waals surface area contributed by atoms with Gasteiger partial charge >= 0.3 is 0 Å². The maximum absolute atomic E-state index is 8.04. The van der Waals surface area contributed by atoms with Crippen LogP contribution in [-0.2, 0) is 20.1 Å². The van der Waals surface area contributed by atoms with Crippen molar-refractivity contribution in [3.8, 4) is 22.5 Å². The van der Waals surface area contributed by atoms with Gasteiger partial charge in [-0.3, -0.25) is 0 Å². The van der Waals surface area contributed by atoms with E-state index < -0.39 is 27.4 Å². The second-order valence-electron chi connectivity index (χ2n) is 9.90. The monoisotopic (exact) mass is 760 g/mol. The van der Waals surface area contributed by atoms with Gasteiger partial charge in [0.25, 0.3) is 0 Å². The molecule has 0 aliphatic carbocycles. The first-order valence-corrected chi connectivity index (χ1v) is 13.4. The molecule has 0 fully saturated rings. The van der Waals surface area contributed by atoms with Crippen LogP contribution < -0.4 is 0 Å². The molecule has 217 valence electrons. The molecular weight excluding hydrogens is 719 g/mol. The van der Waals surface area contributed by atoms with Gasteiger partial charge in [0.2, 0.25) is 5.71 Å². The van der Waals surface area contributed by atoms with E-state index in [2.05, 4.69) is 22.1 Å². The summed E-state index contributed by atoms with van der Waals surface area (Å²) in [6.07, 6.45) is 2.46. The molecule has 0 saturated carbocycles. The molecule has 0 aliphatic rings. The smallest absolute Gasteiger partial charge is 0.216 e. The molecule has 0 aliphatic heterocycles. The Morgan fingerprint density at radius 3 is 2.27 bits per heavy atom. The Labute approximate surface area is 287 Å². The molecule has 4 nitrogen and oxygen atoms in total. The van der Waals surface area contributed by atoms with E-state index in [0.717, 1.165) is 17.5 Å². The van der Waals surface area contributed by atoms with Gasteiger partial charge in [-0.25, -0.2) is 4.98 Å². The van der Waals surface area contributed by atoms with Gasteiger partial charge in [-0.1, -0.05) is 59.0 Å². The van der Waals surface area contributed by atoms with Gasteiger partial charge in [0.1, 0.15) is 0 Å². The molecule has 0 atom stereocenters. The Balaban J connectivity index is 0.000000263. The van der Waals surface area contributed by atoms with Crippen LogP contribution in [0.4, 0.5) is 0 Å². The van der Waals surface area contributed by atoms with Gasteiger partial charge in [-0.15, -0.1) is 54.1 Å². The standard InChI is InChI=1S/C27H19N2O.C12H10N.Ir/c1-15-12-24(28-14-17(15)3)22-10-6-9-21-23-13-18-11-16(2)19-7-4-5-8-20(19)25(18)29-27(23)30-26(21)22;1-10-7-8-12(13-9-10)11-5-3-2-4-6-11;/h4-9,11-14H,1-3H3;2-5,7-9H,1H3;/q2*-1;/i1D3,2D3,3D3;1D3;. The fourth-order valence-electron chi connectivity index (χ4n) is 5.05. The maximum atomic E-state index is 8.04. The Hall–Kier alpha value is -4.70. The van der Waals surface area contributed by atoms with E-state index in [4.69, 9.17) is 25.9 Å². The molecule has 5 heteroatoms. The molecule has 0 saturated heterocycles. The summed E-state index contributed by atoms with van der Waals surface area (Å²) < 4.78 is 98.8. The van der Waals surface area contributed by atoms with Crippen LogP contribution in [0.15, 0.2) is 108 Å². The molecule has 8 aromatic rings. The number of hydrogen-bond donors (Lipinski definition) is 0. The van der Waals surface area contributed by atoms with Crippen LogP contribution in [-0.4, -0.2) is 15.0 Å². The summed E-state index contributed by atoms with van der Waals surface area (Å²) in [5.74, 6) is 0. The quantitative estimate of drug-likeness (QED) is 0.130. The first-order chi connectivity index (χ1) is 25.8. The van der Waals surface area contributed by atoms with Crippen LogP contribution in [0.5, 0.6) is 0 Å². The van der Waals surface area contributed by atoms with Crippen molar-refractivity contribution >= 4 is 43.7 Å². The predicted octanol–water partition coefficient (Wildman–Crippen LogP) is 9.93. The van der Waals surface area contributed by atoms with E-state index in [1.54, 1.807) is 48.5 Å². The summed E-state index contributed by atoms with van der Waals surface area (Å²) in [5.41, 5.74) is 3.20. The third kappa shape index (κ3) is 5.41. The van der Waals surface area contributed by atoms with Gasteiger partial charge in [0.15, 0.2) is 0 Å². The Morgan fingerprint density at radius 1 is 0.659 bits per heavy atom. The zero-order valence-electron chi connectivity index (χ0n) is 34.9. The van der Waals surface area contributed by atoms with Crippen molar-refractivity contribution in [2.75, 3.05) is 0 Å². The number of benzene rings is 4. The minimum Gasteiger partial charge on any atom is -0.486 e. The average Bonchev–Trinajstić information content (AvgIpc) is 3.50. The molecule has 4 heterocycles. The molecule has 0 unspecified atom stereocenters. The maximum Gasteiger partial charge on any atom is 0.216 e. The van der Waals surface area contributed by atoms with Crippen molar-refractivity contribution < 1.29 is 41.0 Å². The third-order valence-corrected chi connectivity index (χ3v) is 7.14. The molecule has 0 N–H and O–H groups in total. The fourth-order valence-corrected chi connectivity index (χ4v) is 5.05. The van der Waals surface area contributed by atoms with Crippen molar-refractivity contribution in [1.29, 1.82) is 0 Å². The molecule has 0 spiro atoms. The van der Waals surface area contributed by atoms with Crippen molar-refractivity contribution in [2.45, 2.75) is 27.4 Å². The van der Waals surface area contributed by atoms with Crippen LogP contribution in [0.2, 0.25) is 0 Å². The number of aryl methyl sites for hydroxylation is 4. The van der Waals surface area contributed by atoms with Crippen LogP contribution in [0, 0.1) is 39.5 Å². The van der Waals surface area contributed by atoms with Gasteiger partial charge in [0.05, 0.1) is 11.1 Å². The van der Waals surface area contributed by atoms with Crippen LogP contribution in [0.3, 0.4) is 0 Å². The fraction of sp³-hybridized carbons (Fsp3) is 0.103. The largest absolute Gasteiger partial charge is 0.486 e. The predicted molar refractivity (Wildman–Crippen MR) is 176 cm³/mol. The number of hydrogen-bond acceptors (Lipinski definition) is 4. The second-order valence-corrected chi connectivity index (χ2v) is 9.90. The van der Waals surface area contributed by atoms with Gasteiger partial charge in [-0.05, 0) is 73.0 Å². The van der Waals surface area contributed by atoms with Crippen LogP contribution >= 0.6 is 0 Å². The summed E-state index contributed by atoms with van der Waals surface area (Å²) in [4.78, 5) is 13.1. The normalized spacial score (nSPS) is 16.2. The van der Waals surface area contributed by atoms with E-state index in [-0.39, 0.29) is 48.1 Å². The Kier molecular flexibility index (Phi) is 5.01. The van der Waals surface area contributed by atoms with E-state index in [9.17, 15) is 0 Å². The summed E-state index contributed by atoms with van der Waals surface area (Å²) in [7, 11) is 0. The first-order valence-electron chi connectivity index (χ1n) is 19.4. The number of rotatable bonds is 2. The molecule has 8 rings (SSSR count). The second kappa shape index (κ2) is 12.1. The number of pyridine rings is 3. The third-order valence-electron chi connectivity index (χ3n) is 7.14. The van der Waals surface area contributed by atoms with Crippen molar-refractivity contribution in [3.05, 3.63) is 138 Å². The van der Waals surface area contributed by atoms with E-state index >= 15 is 0 Å². The topological polar surface area (TPSA) is 51.8 Å². The van der Waals surface area contributed by atoms with Crippen molar-refractivity contribution in [3.63, 3.8) is 0 Å². The van der Waals surface area contributed by atoms with Gasteiger partial charge in [0, 0.05) is 65.1 Å². The summed E-state index contributed by atoms with van der Waals surface area (Å²) in [5, 5.41) is 3.18.